The molecule has 178 valence electrons. The molecule has 0 aliphatic carbocycles. The van der Waals surface area contributed by atoms with Gasteiger partial charge in [0.15, 0.2) is 0 Å². The van der Waals surface area contributed by atoms with Crippen LogP contribution in [-0.4, -0.2) is 22.4 Å². The molecule has 0 radical (unpaired) electrons. The predicted molar refractivity (Wildman–Crippen MR) is 131 cm³/mol. The number of phenols is 1. The molecule has 2 N–H and O–H groups in total. The minimum absolute atomic E-state index is 0.0822. The molecule has 0 spiro atoms. The van der Waals surface area contributed by atoms with Crippen LogP contribution in [0.3, 0.4) is 0 Å². The normalized spacial score (nSPS) is 21.3. The van der Waals surface area contributed by atoms with Crippen LogP contribution in [0.1, 0.15) is 109 Å². The Morgan fingerprint density at radius 3 is 2.03 bits per heavy atom. The van der Waals surface area contributed by atoms with Crippen LogP contribution in [0.15, 0.2) is 6.07 Å². The number of benzene rings is 1. The van der Waals surface area contributed by atoms with E-state index >= 15 is 0 Å². The lowest BCUT2D eigenvalue weighted by molar-refractivity contribution is 0.0514. The molecule has 0 saturated carbocycles. The smallest absolute Gasteiger partial charge is 0.126 e. The van der Waals surface area contributed by atoms with E-state index in [1.165, 1.54) is 44.9 Å². The summed E-state index contributed by atoms with van der Waals surface area (Å²) in [6.45, 7) is 13.6. The second-order valence-electron chi connectivity index (χ2n) is 10.9. The van der Waals surface area contributed by atoms with E-state index in [0.29, 0.717) is 18.3 Å². The SMILES string of the molecule is Cc1c(O)cc2c(c1C)O[C@](C)(CCC[C@@H](C)CCC[C@@H](C)CCCC(C)CO)CC2. The van der Waals surface area contributed by atoms with Crippen LogP contribution in [0, 0.1) is 31.6 Å². The first-order valence-corrected chi connectivity index (χ1v) is 12.8. The first-order chi connectivity index (χ1) is 14.6. The fraction of sp³-hybridized carbons (Fsp3) is 0.786. The molecule has 3 nitrogen and oxygen atoms in total. The average Bonchev–Trinajstić information content (AvgIpc) is 2.72. The molecular formula is C28H48O3. The Morgan fingerprint density at radius 1 is 0.903 bits per heavy atom. The number of aryl methyl sites for hydroxylation is 1. The highest BCUT2D eigenvalue weighted by Crippen LogP contribution is 2.42. The van der Waals surface area contributed by atoms with Gasteiger partial charge in [0, 0.05) is 6.61 Å². The van der Waals surface area contributed by atoms with Crippen molar-refractivity contribution >= 4 is 0 Å². The molecule has 31 heavy (non-hydrogen) atoms. The molecule has 1 heterocycles. The summed E-state index contributed by atoms with van der Waals surface area (Å²) < 4.78 is 6.52. The van der Waals surface area contributed by atoms with Gasteiger partial charge in [-0.15, -0.1) is 0 Å². The van der Waals surface area contributed by atoms with Crippen molar-refractivity contribution in [3.63, 3.8) is 0 Å². The highest BCUT2D eigenvalue weighted by molar-refractivity contribution is 5.53. The number of hydrogen-bond acceptors (Lipinski definition) is 3. The molecule has 1 unspecified atom stereocenters. The van der Waals surface area contributed by atoms with E-state index in [1.54, 1.807) is 0 Å². The van der Waals surface area contributed by atoms with Crippen LogP contribution in [0.4, 0.5) is 0 Å². The average molecular weight is 433 g/mol. The van der Waals surface area contributed by atoms with Crippen molar-refractivity contribution in [2.45, 2.75) is 118 Å². The summed E-state index contributed by atoms with van der Waals surface area (Å²) in [4.78, 5) is 0. The number of ether oxygens (including phenoxy) is 1. The van der Waals surface area contributed by atoms with E-state index in [1.807, 2.05) is 13.0 Å². The van der Waals surface area contributed by atoms with Gasteiger partial charge in [-0.2, -0.15) is 0 Å². The summed E-state index contributed by atoms with van der Waals surface area (Å²) in [5, 5.41) is 19.2. The van der Waals surface area contributed by atoms with Gasteiger partial charge in [-0.25, -0.2) is 0 Å². The third-order valence-electron chi connectivity index (χ3n) is 7.66. The van der Waals surface area contributed by atoms with Gasteiger partial charge in [0.2, 0.25) is 0 Å². The first-order valence-electron chi connectivity index (χ1n) is 12.8. The summed E-state index contributed by atoms with van der Waals surface area (Å²) in [6, 6.07) is 1.90. The summed E-state index contributed by atoms with van der Waals surface area (Å²) in [6.07, 6.45) is 13.3. The molecule has 0 fully saturated rings. The predicted octanol–water partition coefficient (Wildman–Crippen LogP) is 7.50. The number of aromatic hydroxyl groups is 1. The molecular weight excluding hydrogens is 384 g/mol. The van der Waals surface area contributed by atoms with Crippen molar-refractivity contribution in [2.75, 3.05) is 6.61 Å². The van der Waals surface area contributed by atoms with Gasteiger partial charge in [-0.3, -0.25) is 0 Å². The van der Waals surface area contributed by atoms with Crippen LogP contribution in [0.2, 0.25) is 0 Å². The quantitative estimate of drug-likeness (QED) is 0.339. The third kappa shape index (κ3) is 8.00. The zero-order valence-corrected chi connectivity index (χ0v) is 21.1. The van der Waals surface area contributed by atoms with Gasteiger partial charge < -0.3 is 14.9 Å². The Morgan fingerprint density at radius 2 is 1.45 bits per heavy atom. The van der Waals surface area contributed by atoms with Crippen molar-refractivity contribution in [1.29, 1.82) is 0 Å². The molecule has 0 saturated heterocycles. The van der Waals surface area contributed by atoms with Gasteiger partial charge in [-0.05, 0) is 93.4 Å². The lowest BCUT2D eigenvalue weighted by Crippen LogP contribution is -2.36. The van der Waals surface area contributed by atoms with Crippen LogP contribution < -0.4 is 4.74 Å². The lowest BCUT2D eigenvalue weighted by atomic mass is 9.85. The highest BCUT2D eigenvalue weighted by Gasteiger charge is 2.33. The minimum Gasteiger partial charge on any atom is -0.508 e. The van der Waals surface area contributed by atoms with Crippen molar-refractivity contribution in [3.8, 4) is 11.5 Å². The van der Waals surface area contributed by atoms with Gasteiger partial charge >= 0.3 is 0 Å². The fourth-order valence-corrected chi connectivity index (χ4v) is 4.98. The van der Waals surface area contributed by atoms with Crippen LogP contribution in [0.25, 0.3) is 0 Å². The molecule has 4 atom stereocenters. The zero-order chi connectivity index (χ0) is 23.0. The molecule has 1 aromatic carbocycles. The summed E-state index contributed by atoms with van der Waals surface area (Å²) in [5.74, 6) is 3.45. The number of aliphatic hydroxyl groups excluding tert-OH is 1. The van der Waals surface area contributed by atoms with Gasteiger partial charge in [0.05, 0.1) is 0 Å². The monoisotopic (exact) mass is 432 g/mol. The fourth-order valence-electron chi connectivity index (χ4n) is 4.98. The summed E-state index contributed by atoms with van der Waals surface area (Å²) >= 11 is 0. The second-order valence-corrected chi connectivity index (χ2v) is 10.9. The van der Waals surface area contributed by atoms with Gasteiger partial charge in [0.1, 0.15) is 17.1 Å². The van der Waals surface area contributed by atoms with E-state index < -0.39 is 0 Å². The maximum absolute atomic E-state index is 10.1. The zero-order valence-electron chi connectivity index (χ0n) is 21.1. The first kappa shape index (κ1) is 26.0. The Balaban J connectivity index is 1.67. The molecule has 0 amide bonds. The van der Waals surface area contributed by atoms with Crippen molar-refractivity contribution < 1.29 is 14.9 Å². The topological polar surface area (TPSA) is 49.7 Å². The molecule has 1 aliphatic rings. The second kappa shape index (κ2) is 12.1. The number of fused-ring (bicyclic) bond motifs is 1. The van der Waals surface area contributed by atoms with E-state index in [2.05, 4.69) is 34.6 Å². The largest absolute Gasteiger partial charge is 0.508 e. The van der Waals surface area contributed by atoms with E-state index in [4.69, 9.17) is 9.84 Å². The summed E-state index contributed by atoms with van der Waals surface area (Å²) in [7, 11) is 0. The Kier molecular flexibility index (Phi) is 10.2. The molecule has 3 heteroatoms. The van der Waals surface area contributed by atoms with E-state index in [9.17, 15) is 5.11 Å². The van der Waals surface area contributed by atoms with Crippen molar-refractivity contribution in [1.82, 2.24) is 0 Å². The maximum atomic E-state index is 10.1. The van der Waals surface area contributed by atoms with Crippen LogP contribution in [0.5, 0.6) is 11.5 Å². The number of hydrogen-bond donors (Lipinski definition) is 2. The van der Waals surface area contributed by atoms with Gasteiger partial charge in [-0.1, -0.05) is 59.3 Å². The van der Waals surface area contributed by atoms with E-state index in [-0.39, 0.29) is 5.60 Å². The van der Waals surface area contributed by atoms with Crippen molar-refractivity contribution in [3.05, 3.63) is 22.8 Å². The van der Waals surface area contributed by atoms with Crippen LogP contribution >= 0.6 is 0 Å². The molecule has 0 bridgehead atoms. The Bertz CT molecular complexity index is 683. The third-order valence-corrected chi connectivity index (χ3v) is 7.66. The maximum Gasteiger partial charge on any atom is 0.126 e. The molecule has 1 aromatic rings. The Labute approximate surface area is 191 Å². The number of aliphatic hydroxyl groups is 1. The van der Waals surface area contributed by atoms with Gasteiger partial charge in [0.25, 0.3) is 0 Å². The summed E-state index contributed by atoms with van der Waals surface area (Å²) in [5.41, 5.74) is 3.11. The number of rotatable bonds is 13. The van der Waals surface area contributed by atoms with E-state index in [0.717, 1.165) is 60.0 Å². The minimum atomic E-state index is -0.0822. The lowest BCUT2D eigenvalue weighted by Gasteiger charge is -2.37. The van der Waals surface area contributed by atoms with Crippen molar-refractivity contribution in [2.24, 2.45) is 17.8 Å². The van der Waals surface area contributed by atoms with Crippen LogP contribution in [-0.2, 0) is 6.42 Å². The molecule has 1 aliphatic heterocycles. The Hall–Kier alpha value is -1.22. The highest BCUT2D eigenvalue weighted by atomic mass is 16.5. The molecule has 0 aromatic heterocycles. The number of phenolic OH excluding ortho intramolecular Hbond substituents is 1. The standard InChI is InChI=1S/C28H48O3/c1-20(12-8-13-22(3)19-29)10-7-11-21(2)14-9-16-28(6)17-15-25-18-26(30)23(4)24(5)27(25)31-28/h18,20-22,29-30H,7-17,19H2,1-6H3/t20-,21+,22?,28-/m1/s1. The molecule has 2 rings (SSSR count).